The highest BCUT2D eigenvalue weighted by Crippen LogP contribution is 2.31. The molecule has 2 fully saturated rings. The number of amides is 2. The molecule has 0 bridgehead atoms. The van der Waals surface area contributed by atoms with Crippen LogP contribution in [0.15, 0.2) is 0 Å². The van der Waals surface area contributed by atoms with Gasteiger partial charge in [-0.05, 0) is 26.2 Å². The van der Waals surface area contributed by atoms with E-state index in [1.54, 1.807) is 11.9 Å². The first kappa shape index (κ1) is 14.3. The van der Waals surface area contributed by atoms with E-state index in [1.807, 2.05) is 6.92 Å². The molecule has 2 amide bonds. The predicted molar refractivity (Wildman–Crippen MR) is 73.4 cm³/mol. The van der Waals surface area contributed by atoms with Gasteiger partial charge in [-0.3, -0.25) is 9.59 Å². The molecule has 3 atom stereocenters. The lowest BCUT2D eigenvalue weighted by molar-refractivity contribution is -0.135. The Morgan fingerprint density at radius 3 is 2.79 bits per heavy atom. The van der Waals surface area contributed by atoms with Gasteiger partial charge in [0.1, 0.15) is 0 Å². The third-order valence-corrected chi connectivity index (χ3v) is 4.54. The summed E-state index contributed by atoms with van der Waals surface area (Å²) in [5, 5.41) is 3.08. The van der Waals surface area contributed by atoms with Crippen molar-refractivity contribution in [2.75, 3.05) is 13.6 Å². The molecule has 1 aliphatic heterocycles. The molecule has 1 saturated heterocycles. The Hall–Kier alpha value is -1.10. The summed E-state index contributed by atoms with van der Waals surface area (Å²) in [7, 11) is 1.79. The van der Waals surface area contributed by atoms with Crippen LogP contribution in [-0.4, -0.2) is 41.9 Å². The molecule has 1 aliphatic carbocycles. The topological polar surface area (TPSA) is 75.4 Å². The third-order valence-electron chi connectivity index (χ3n) is 4.54. The second-order valence-corrected chi connectivity index (χ2v) is 6.32. The first-order valence-corrected chi connectivity index (χ1v) is 7.23. The molecule has 0 aromatic heterocycles. The minimum atomic E-state index is -0.390. The van der Waals surface area contributed by atoms with E-state index < -0.39 is 5.54 Å². The van der Waals surface area contributed by atoms with Crippen LogP contribution < -0.4 is 11.1 Å². The van der Waals surface area contributed by atoms with Crippen LogP contribution in [-0.2, 0) is 9.59 Å². The Balaban J connectivity index is 1.92. The molecule has 5 heteroatoms. The second kappa shape index (κ2) is 5.49. The molecule has 0 aromatic carbocycles. The van der Waals surface area contributed by atoms with E-state index in [9.17, 15) is 9.59 Å². The highest BCUT2D eigenvalue weighted by atomic mass is 16.2. The van der Waals surface area contributed by atoms with Crippen molar-refractivity contribution in [1.82, 2.24) is 10.2 Å². The number of hydrogen-bond donors (Lipinski definition) is 2. The lowest BCUT2D eigenvalue weighted by atomic mass is 9.74. The quantitative estimate of drug-likeness (QED) is 0.770. The molecule has 2 aliphatic rings. The Morgan fingerprint density at radius 1 is 1.42 bits per heavy atom. The summed E-state index contributed by atoms with van der Waals surface area (Å²) in [5.74, 6) is 0.133. The van der Waals surface area contributed by atoms with Gasteiger partial charge in [-0.25, -0.2) is 0 Å². The Morgan fingerprint density at radius 2 is 2.16 bits per heavy atom. The average molecular weight is 267 g/mol. The van der Waals surface area contributed by atoms with Crippen LogP contribution in [0.3, 0.4) is 0 Å². The van der Waals surface area contributed by atoms with E-state index in [0.29, 0.717) is 13.0 Å². The number of likely N-dealkylation sites (tertiary alicyclic amines) is 1. The molecule has 0 radical (unpaired) electrons. The molecule has 3 unspecified atom stereocenters. The van der Waals surface area contributed by atoms with Gasteiger partial charge in [-0.2, -0.15) is 0 Å². The lowest BCUT2D eigenvalue weighted by Gasteiger charge is -2.39. The fraction of sp³-hybridized carbons (Fsp3) is 0.857. The zero-order valence-electron chi connectivity index (χ0n) is 11.9. The smallest absolute Gasteiger partial charge is 0.225 e. The number of nitrogens with zero attached hydrogens (tertiary/aromatic N) is 1. The minimum Gasteiger partial charge on any atom is -0.351 e. The summed E-state index contributed by atoms with van der Waals surface area (Å²) in [4.78, 5) is 25.5. The van der Waals surface area contributed by atoms with Crippen molar-refractivity contribution in [2.45, 2.75) is 57.0 Å². The van der Waals surface area contributed by atoms with E-state index >= 15 is 0 Å². The maximum Gasteiger partial charge on any atom is 0.225 e. The maximum absolute atomic E-state index is 12.4. The number of hydrogen-bond acceptors (Lipinski definition) is 3. The van der Waals surface area contributed by atoms with Gasteiger partial charge < -0.3 is 16.0 Å². The van der Waals surface area contributed by atoms with Gasteiger partial charge in [-0.15, -0.1) is 0 Å². The first-order chi connectivity index (χ1) is 8.90. The molecule has 0 spiro atoms. The fourth-order valence-corrected chi connectivity index (χ4v) is 3.22. The van der Waals surface area contributed by atoms with Gasteiger partial charge >= 0.3 is 0 Å². The number of carbonyl (C=O) groups excluding carboxylic acids is 2. The van der Waals surface area contributed by atoms with Crippen molar-refractivity contribution in [3.05, 3.63) is 0 Å². The van der Waals surface area contributed by atoms with E-state index in [-0.39, 0.29) is 23.8 Å². The molecule has 2 rings (SSSR count). The Labute approximate surface area is 114 Å². The van der Waals surface area contributed by atoms with Crippen molar-refractivity contribution in [1.29, 1.82) is 0 Å². The van der Waals surface area contributed by atoms with E-state index in [1.165, 1.54) is 0 Å². The minimum absolute atomic E-state index is 0.0671. The summed E-state index contributed by atoms with van der Waals surface area (Å²) < 4.78 is 0. The standard InChI is InChI=1S/C14H25N3O2/c1-14(15)8-4-3-5-11(14)13(19)16-10-6-7-12(18)17(2)9-10/h10-11H,3-9,15H2,1-2H3,(H,16,19). The van der Waals surface area contributed by atoms with Crippen LogP contribution in [0.5, 0.6) is 0 Å². The number of likely N-dealkylation sites (N-methyl/N-ethyl adjacent to an activating group) is 1. The number of rotatable bonds is 2. The van der Waals surface area contributed by atoms with Gasteiger partial charge in [0.05, 0.1) is 5.92 Å². The molecule has 0 aromatic rings. The number of nitrogens with two attached hydrogens (primary N) is 1. The fourth-order valence-electron chi connectivity index (χ4n) is 3.22. The van der Waals surface area contributed by atoms with Crippen molar-refractivity contribution < 1.29 is 9.59 Å². The summed E-state index contributed by atoms with van der Waals surface area (Å²) in [6, 6.07) is 0.0768. The molecular weight excluding hydrogens is 242 g/mol. The summed E-state index contributed by atoms with van der Waals surface area (Å²) in [6.07, 6.45) is 5.23. The average Bonchev–Trinajstić information content (AvgIpc) is 2.33. The molecule has 1 saturated carbocycles. The monoisotopic (exact) mass is 267 g/mol. The zero-order valence-corrected chi connectivity index (χ0v) is 11.9. The van der Waals surface area contributed by atoms with E-state index in [0.717, 1.165) is 32.1 Å². The van der Waals surface area contributed by atoms with Gasteiger partial charge in [0, 0.05) is 31.6 Å². The van der Waals surface area contributed by atoms with E-state index in [4.69, 9.17) is 5.73 Å². The number of piperidine rings is 1. The van der Waals surface area contributed by atoms with Crippen LogP contribution in [0, 0.1) is 5.92 Å². The third kappa shape index (κ3) is 3.26. The predicted octanol–water partition coefficient (Wildman–Crippen LogP) is 0.631. The van der Waals surface area contributed by atoms with Crippen LogP contribution in [0.1, 0.15) is 45.4 Å². The number of carbonyl (C=O) groups is 2. The largest absolute Gasteiger partial charge is 0.351 e. The van der Waals surface area contributed by atoms with Crippen molar-refractivity contribution in [3.63, 3.8) is 0 Å². The second-order valence-electron chi connectivity index (χ2n) is 6.32. The van der Waals surface area contributed by atoms with Crippen molar-refractivity contribution >= 4 is 11.8 Å². The maximum atomic E-state index is 12.4. The lowest BCUT2D eigenvalue weighted by Crippen LogP contribution is -2.56. The normalized spacial score (nSPS) is 36.2. The molecule has 3 N–H and O–H groups in total. The highest BCUT2D eigenvalue weighted by Gasteiger charge is 2.38. The molecule has 1 heterocycles. The van der Waals surface area contributed by atoms with Crippen LogP contribution in [0.2, 0.25) is 0 Å². The van der Waals surface area contributed by atoms with Crippen LogP contribution in [0.4, 0.5) is 0 Å². The Bertz CT molecular complexity index is 368. The Kier molecular flexibility index (Phi) is 4.13. The SMILES string of the molecule is CN1CC(NC(=O)C2CCCCC2(C)N)CCC1=O. The first-order valence-electron chi connectivity index (χ1n) is 7.23. The molecule has 19 heavy (non-hydrogen) atoms. The van der Waals surface area contributed by atoms with Crippen LogP contribution >= 0.6 is 0 Å². The highest BCUT2D eigenvalue weighted by molar-refractivity contribution is 5.81. The van der Waals surface area contributed by atoms with Gasteiger partial charge in [0.15, 0.2) is 0 Å². The summed E-state index contributed by atoms with van der Waals surface area (Å²) >= 11 is 0. The van der Waals surface area contributed by atoms with Crippen molar-refractivity contribution in [3.8, 4) is 0 Å². The van der Waals surface area contributed by atoms with Crippen molar-refractivity contribution in [2.24, 2.45) is 11.7 Å². The molecular formula is C14H25N3O2. The number of nitrogens with one attached hydrogen (secondary N) is 1. The molecule has 108 valence electrons. The van der Waals surface area contributed by atoms with Gasteiger partial charge in [0.2, 0.25) is 11.8 Å². The molecule has 5 nitrogen and oxygen atoms in total. The van der Waals surface area contributed by atoms with Gasteiger partial charge in [0.25, 0.3) is 0 Å². The van der Waals surface area contributed by atoms with E-state index in [2.05, 4.69) is 5.32 Å². The van der Waals surface area contributed by atoms with Gasteiger partial charge in [-0.1, -0.05) is 12.8 Å². The van der Waals surface area contributed by atoms with Crippen LogP contribution in [0.25, 0.3) is 0 Å². The zero-order chi connectivity index (χ0) is 14.0. The summed E-state index contributed by atoms with van der Waals surface area (Å²) in [5.41, 5.74) is 5.86. The summed E-state index contributed by atoms with van der Waals surface area (Å²) in [6.45, 7) is 2.59.